The van der Waals surface area contributed by atoms with Gasteiger partial charge in [-0.05, 0) is 70.3 Å². The van der Waals surface area contributed by atoms with Gasteiger partial charge in [-0.1, -0.05) is 115 Å². The van der Waals surface area contributed by atoms with E-state index in [0.29, 0.717) is 6.42 Å². The maximum Gasteiger partial charge on any atom is 0.306 e. The van der Waals surface area contributed by atoms with Crippen LogP contribution in [0.2, 0.25) is 0 Å². The van der Waals surface area contributed by atoms with E-state index in [4.69, 9.17) is 9.84 Å². The molecule has 1 N–H and O–H groups in total. The van der Waals surface area contributed by atoms with Crippen molar-refractivity contribution < 1.29 is 19.4 Å². The summed E-state index contributed by atoms with van der Waals surface area (Å²) in [5.74, 6) is -0.811. The van der Waals surface area contributed by atoms with Crippen LogP contribution in [0.15, 0.2) is 36.5 Å². The number of carbonyl (C=O) groups is 2. The smallest absolute Gasteiger partial charge is 0.306 e. The van der Waals surface area contributed by atoms with E-state index < -0.39 is 5.97 Å². The first-order valence-electron chi connectivity index (χ1n) is 16.0. The second-order valence-electron chi connectivity index (χ2n) is 10.6. The zero-order chi connectivity index (χ0) is 27.9. The summed E-state index contributed by atoms with van der Waals surface area (Å²) >= 11 is 0. The molecule has 38 heavy (non-hydrogen) atoms. The molecule has 0 radical (unpaired) electrons. The minimum Gasteiger partial charge on any atom is -0.481 e. The topological polar surface area (TPSA) is 63.6 Å². The van der Waals surface area contributed by atoms with Gasteiger partial charge in [0, 0.05) is 12.8 Å². The summed E-state index contributed by atoms with van der Waals surface area (Å²) in [4.78, 5) is 22.9. The molecule has 0 spiro atoms. The number of rotatable bonds is 28. The first kappa shape index (κ1) is 36.2. The Hall–Kier alpha value is -1.84. The lowest BCUT2D eigenvalue weighted by Gasteiger charge is -2.14. The quantitative estimate of drug-likeness (QED) is 0.0618. The fourth-order valence-electron chi connectivity index (χ4n) is 4.42. The van der Waals surface area contributed by atoms with Gasteiger partial charge in [0.1, 0.15) is 6.10 Å². The van der Waals surface area contributed by atoms with E-state index in [1.165, 1.54) is 70.6 Å². The number of carbonyl (C=O) groups excluding carboxylic acids is 1. The van der Waals surface area contributed by atoms with Crippen molar-refractivity contribution in [2.45, 2.75) is 168 Å². The number of aliphatic carboxylic acids is 1. The highest BCUT2D eigenvalue weighted by atomic mass is 16.5. The number of ether oxygens (including phenoxy) is 1. The summed E-state index contributed by atoms with van der Waals surface area (Å²) in [7, 11) is 0. The molecule has 1 unspecified atom stereocenters. The zero-order valence-electron chi connectivity index (χ0n) is 25.0. The molecule has 0 aliphatic carbocycles. The average molecular weight is 533 g/mol. The first-order valence-corrected chi connectivity index (χ1v) is 16.0. The summed E-state index contributed by atoms with van der Waals surface area (Å²) in [5.41, 5.74) is 0. The highest BCUT2D eigenvalue weighted by Crippen LogP contribution is 2.14. The summed E-state index contributed by atoms with van der Waals surface area (Å²) in [5, 5.41) is 8.73. The van der Waals surface area contributed by atoms with E-state index in [-0.39, 0.29) is 18.5 Å². The minimum absolute atomic E-state index is 0.0832. The van der Waals surface area contributed by atoms with Crippen molar-refractivity contribution in [3.63, 3.8) is 0 Å². The van der Waals surface area contributed by atoms with Crippen LogP contribution >= 0.6 is 0 Å². The Balaban J connectivity index is 3.74. The Morgan fingerprint density at radius 3 is 1.76 bits per heavy atom. The van der Waals surface area contributed by atoms with Crippen LogP contribution in [0.5, 0.6) is 0 Å². The largest absolute Gasteiger partial charge is 0.481 e. The molecule has 0 rings (SSSR count). The Morgan fingerprint density at radius 2 is 1.16 bits per heavy atom. The van der Waals surface area contributed by atoms with Crippen molar-refractivity contribution >= 4 is 11.9 Å². The summed E-state index contributed by atoms with van der Waals surface area (Å²) < 4.78 is 5.74. The number of esters is 1. The Bertz CT molecular complexity index is 620. The third kappa shape index (κ3) is 28.7. The predicted molar refractivity (Wildman–Crippen MR) is 162 cm³/mol. The van der Waals surface area contributed by atoms with Crippen molar-refractivity contribution in [1.29, 1.82) is 0 Å². The molecular formula is C34H60O4. The van der Waals surface area contributed by atoms with E-state index >= 15 is 0 Å². The van der Waals surface area contributed by atoms with Crippen LogP contribution in [0.4, 0.5) is 0 Å². The summed E-state index contributed by atoms with van der Waals surface area (Å²) in [6, 6.07) is 0. The van der Waals surface area contributed by atoms with Gasteiger partial charge in [-0.2, -0.15) is 0 Å². The molecule has 4 nitrogen and oxygen atoms in total. The van der Waals surface area contributed by atoms with Gasteiger partial charge in [-0.25, -0.2) is 0 Å². The van der Waals surface area contributed by atoms with Crippen LogP contribution in [-0.2, 0) is 14.3 Å². The SMILES string of the molecule is CCC/C=C\C(CCCCCCC(=O)O)OC(=O)CCCCCCCCC/C=C\C/C=C\CCCCCC. The number of allylic oxidation sites excluding steroid dienone is 5. The zero-order valence-corrected chi connectivity index (χ0v) is 25.0. The molecule has 0 heterocycles. The van der Waals surface area contributed by atoms with Crippen LogP contribution in [0, 0.1) is 0 Å². The van der Waals surface area contributed by atoms with Crippen LogP contribution in [0.3, 0.4) is 0 Å². The lowest BCUT2D eigenvalue weighted by molar-refractivity contribution is -0.147. The molecule has 0 aromatic heterocycles. The van der Waals surface area contributed by atoms with Crippen LogP contribution in [0.25, 0.3) is 0 Å². The molecule has 0 saturated heterocycles. The fourth-order valence-corrected chi connectivity index (χ4v) is 4.42. The minimum atomic E-state index is -0.727. The molecule has 0 aromatic carbocycles. The number of carboxylic acid groups (broad SMARTS) is 1. The highest BCUT2D eigenvalue weighted by molar-refractivity contribution is 5.69. The van der Waals surface area contributed by atoms with Crippen molar-refractivity contribution in [3.05, 3.63) is 36.5 Å². The number of hydrogen-bond acceptors (Lipinski definition) is 3. The molecule has 0 bridgehead atoms. The highest BCUT2D eigenvalue weighted by Gasteiger charge is 2.11. The van der Waals surface area contributed by atoms with Crippen LogP contribution in [-0.4, -0.2) is 23.1 Å². The van der Waals surface area contributed by atoms with Gasteiger partial charge < -0.3 is 9.84 Å². The van der Waals surface area contributed by atoms with Crippen molar-refractivity contribution in [2.24, 2.45) is 0 Å². The van der Waals surface area contributed by atoms with Gasteiger partial charge in [0.2, 0.25) is 0 Å². The van der Waals surface area contributed by atoms with Gasteiger partial charge in [-0.15, -0.1) is 0 Å². The molecular weight excluding hydrogens is 472 g/mol. The number of unbranched alkanes of at least 4 members (excludes halogenated alkanes) is 15. The molecule has 220 valence electrons. The van der Waals surface area contributed by atoms with E-state index in [2.05, 4.69) is 44.2 Å². The number of hydrogen-bond donors (Lipinski definition) is 1. The van der Waals surface area contributed by atoms with Crippen molar-refractivity contribution in [3.8, 4) is 0 Å². The molecule has 0 fully saturated rings. The second-order valence-corrected chi connectivity index (χ2v) is 10.6. The van der Waals surface area contributed by atoms with Crippen LogP contribution in [0.1, 0.15) is 162 Å². The molecule has 4 heteroatoms. The Labute approximate surface area is 235 Å². The fraction of sp³-hybridized carbons (Fsp3) is 0.765. The Kier molecular flexibility index (Phi) is 28.3. The normalized spacial score (nSPS) is 12.7. The van der Waals surface area contributed by atoms with E-state index in [1.807, 2.05) is 6.08 Å². The van der Waals surface area contributed by atoms with Gasteiger partial charge >= 0.3 is 11.9 Å². The van der Waals surface area contributed by atoms with E-state index in [0.717, 1.165) is 64.2 Å². The Morgan fingerprint density at radius 1 is 0.605 bits per heavy atom. The monoisotopic (exact) mass is 532 g/mol. The molecule has 0 saturated carbocycles. The third-order valence-corrected chi connectivity index (χ3v) is 6.80. The van der Waals surface area contributed by atoms with E-state index in [1.54, 1.807) is 0 Å². The molecule has 0 aliphatic rings. The lowest BCUT2D eigenvalue weighted by atomic mass is 10.1. The average Bonchev–Trinajstić information content (AvgIpc) is 2.89. The molecule has 1 atom stereocenters. The van der Waals surface area contributed by atoms with Gasteiger partial charge in [-0.3, -0.25) is 9.59 Å². The summed E-state index contributed by atoms with van der Waals surface area (Å²) in [6.07, 6.45) is 37.7. The first-order chi connectivity index (χ1) is 18.6. The molecule has 0 aliphatic heterocycles. The van der Waals surface area contributed by atoms with Gasteiger partial charge in [0.05, 0.1) is 0 Å². The summed E-state index contributed by atoms with van der Waals surface area (Å²) in [6.45, 7) is 4.40. The van der Waals surface area contributed by atoms with Gasteiger partial charge in [0.15, 0.2) is 0 Å². The standard InChI is InChI=1S/C34H60O4/c1-3-5-7-8-9-10-11-12-13-14-15-16-17-18-19-20-21-27-31-34(37)38-32(28-24-6-4-2)29-25-22-23-26-30-33(35)36/h10-11,13-14,24,28,32H,3-9,12,15-23,25-27,29-31H2,1-2H3,(H,35,36)/b11-10-,14-13-,28-24-. The maximum atomic E-state index is 12.3. The lowest BCUT2D eigenvalue weighted by Crippen LogP contribution is -2.16. The maximum absolute atomic E-state index is 12.3. The van der Waals surface area contributed by atoms with Crippen LogP contribution < -0.4 is 0 Å². The number of carboxylic acids is 1. The van der Waals surface area contributed by atoms with Gasteiger partial charge in [0.25, 0.3) is 0 Å². The molecule has 0 amide bonds. The van der Waals surface area contributed by atoms with Crippen molar-refractivity contribution in [2.75, 3.05) is 0 Å². The van der Waals surface area contributed by atoms with E-state index in [9.17, 15) is 9.59 Å². The van der Waals surface area contributed by atoms with Crippen molar-refractivity contribution in [1.82, 2.24) is 0 Å². The second kappa shape index (κ2) is 29.7. The molecule has 0 aromatic rings. The third-order valence-electron chi connectivity index (χ3n) is 6.80. The predicted octanol–water partition coefficient (Wildman–Crippen LogP) is 10.7.